The van der Waals surface area contributed by atoms with Crippen LogP contribution >= 0.6 is 11.8 Å². The third-order valence-electron chi connectivity index (χ3n) is 4.47. The van der Waals surface area contributed by atoms with Crippen molar-refractivity contribution in [3.8, 4) is 6.07 Å². The standard InChI is InChI=1S/C21H16N4S/c1-26-19-4-2-3-15(9-19)17-10-21(23,25-13-17)18-5-6-20-16(8-18)7-14(11-22)12-24-20/h2-10,12-13H,23H2,1H3. The molecule has 0 saturated heterocycles. The molecule has 126 valence electrons. The summed E-state index contributed by atoms with van der Waals surface area (Å²) in [7, 11) is 0. The van der Waals surface area contributed by atoms with Gasteiger partial charge in [0.2, 0.25) is 0 Å². The Labute approximate surface area is 156 Å². The Bertz CT molecular complexity index is 1110. The molecular formula is C21H16N4S. The van der Waals surface area contributed by atoms with Crippen LogP contribution in [0.2, 0.25) is 0 Å². The number of hydrogen-bond acceptors (Lipinski definition) is 5. The van der Waals surface area contributed by atoms with Crippen LogP contribution in [0.15, 0.2) is 70.7 Å². The fourth-order valence-corrected chi connectivity index (χ4v) is 3.51. The van der Waals surface area contributed by atoms with Gasteiger partial charge in [0, 0.05) is 22.7 Å². The number of nitrogens with zero attached hydrogens (tertiary/aromatic N) is 3. The lowest BCUT2D eigenvalue weighted by molar-refractivity contribution is 0.611. The molecule has 0 radical (unpaired) electrons. The van der Waals surface area contributed by atoms with Gasteiger partial charge in [-0.05, 0) is 59.4 Å². The highest BCUT2D eigenvalue weighted by Crippen LogP contribution is 2.33. The van der Waals surface area contributed by atoms with Crippen LogP contribution in [0.5, 0.6) is 0 Å². The Morgan fingerprint density at radius 2 is 2.04 bits per heavy atom. The first-order chi connectivity index (χ1) is 12.6. The molecule has 4 rings (SSSR count). The fraction of sp³-hybridized carbons (Fsp3) is 0.0952. The number of fused-ring (bicyclic) bond motifs is 1. The fourth-order valence-electron chi connectivity index (χ4n) is 3.05. The molecule has 2 heterocycles. The number of thioether (sulfide) groups is 1. The highest BCUT2D eigenvalue weighted by Gasteiger charge is 2.28. The third-order valence-corrected chi connectivity index (χ3v) is 5.19. The van der Waals surface area contributed by atoms with E-state index in [1.165, 1.54) is 4.90 Å². The average Bonchev–Trinajstić information content (AvgIpc) is 3.10. The number of pyridine rings is 1. The van der Waals surface area contributed by atoms with Gasteiger partial charge in [0.1, 0.15) is 6.07 Å². The largest absolute Gasteiger partial charge is 0.300 e. The quantitative estimate of drug-likeness (QED) is 0.717. The number of aliphatic imine (C=N–C) groups is 1. The summed E-state index contributed by atoms with van der Waals surface area (Å²) in [4.78, 5) is 10.1. The van der Waals surface area contributed by atoms with Crippen LogP contribution in [0.1, 0.15) is 16.7 Å². The number of hydrogen-bond donors (Lipinski definition) is 1. The van der Waals surface area contributed by atoms with Crippen LogP contribution in [-0.4, -0.2) is 17.5 Å². The van der Waals surface area contributed by atoms with Gasteiger partial charge >= 0.3 is 0 Å². The zero-order valence-corrected chi connectivity index (χ0v) is 15.0. The zero-order valence-electron chi connectivity index (χ0n) is 14.2. The van der Waals surface area contributed by atoms with E-state index >= 15 is 0 Å². The van der Waals surface area contributed by atoms with Gasteiger partial charge in [-0.15, -0.1) is 11.8 Å². The Hall–Kier alpha value is -2.94. The molecule has 0 saturated carbocycles. The van der Waals surface area contributed by atoms with Crippen LogP contribution in [0.4, 0.5) is 0 Å². The number of nitrogens with two attached hydrogens (primary N) is 1. The van der Waals surface area contributed by atoms with Gasteiger partial charge in [0.05, 0.1) is 11.1 Å². The summed E-state index contributed by atoms with van der Waals surface area (Å²) in [6.07, 6.45) is 7.44. The third kappa shape index (κ3) is 2.90. The first-order valence-electron chi connectivity index (χ1n) is 8.13. The molecule has 1 aliphatic heterocycles. The molecule has 1 aliphatic rings. The van der Waals surface area contributed by atoms with Gasteiger partial charge in [-0.2, -0.15) is 5.26 Å². The van der Waals surface area contributed by atoms with E-state index in [1.807, 2.05) is 42.6 Å². The molecule has 1 unspecified atom stereocenters. The highest BCUT2D eigenvalue weighted by molar-refractivity contribution is 7.98. The number of aromatic nitrogens is 1. The lowest BCUT2D eigenvalue weighted by Crippen LogP contribution is -2.30. The molecule has 5 heteroatoms. The molecule has 3 aromatic rings. The first-order valence-corrected chi connectivity index (χ1v) is 9.35. The topological polar surface area (TPSA) is 75.1 Å². The average molecular weight is 356 g/mol. The lowest BCUT2D eigenvalue weighted by Gasteiger charge is -2.19. The van der Waals surface area contributed by atoms with Crippen LogP contribution in [0.25, 0.3) is 16.5 Å². The monoisotopic (exact) mass is 356 g/mol. The van der Waals surface area contributed by atoms with Crippen molar-refractivity contribution in [2.75, 3.05) is 6.26 Å². The lowest BCUT2D eigenvalue weighted by atomic mass is 9.96. The summed E-state index contributed by atoms with van der Waals surface area (Å²) in [6.45, 7) is 0. The normalized spacial score (nSPS) is 18.7. The Balaban J connectivity index is 1.75. The van der Waals surface area contributed by atoms with Gasteiger partial charge in [0.25, 0.3) is 0 Å². The van der Waals surface area contributed by atoms with Gasteiger partial charge in [-0.25, -0.2) is 0 Å². The molecule has 2 aromatic carbocycles. The summed E-state index contributed by atoms with van der Waals surface area (Å²) >= 11 is 1.71. The molecule has 1 aromatic heterocycles. The van der Waals surface area contributed by atoms with Gasteiger partial charge in [-0.1, -0.05) is 18.2 Å². The second kappa shape index (κ2) is 6.41. The van der Waals surface area contributed by atoms with Crippen molar-refractivity contribution in [3.05, 3.63) is 77.5 Å². The summed E-state index contributed by atoms with van der Waals surface area (Å²) in [5, 5.41) is 9.96. The second-order valence-electron chi connectivity index (χ2n) is 6.16. The number of rotatable bonds is 3. The van der Waals surface area contributed by atoms with Gasteiger partial charge < -0.3 is 5.73 Å². The maximum absolute atomic E-state index is 9.08. The van der Waals surface area contributed by atoms with Crippen molar-refractivity contribution in [3.63, 3.8) is 0 Å². The van der Waals surface area contributed by atoms with Crippen molar-refractivity contribution in [1.29, 1.82) is 5.26 Å². The van der Waals surface area contributed by atoms with E-state index < -0.39 is 5.66 Å². The first kappa shape index (κ1) is 16.5. The van der Waals surface area contributed by atoms with Crippen LogP contribution in [0, 0.1) is 11.3 Å². The van der Waals surface area contributed by atoms with Crippen LogP contribution in [0.3, 0.4) is 0 Å². The molecule has 4 nitrogen and oxygen atoms in total. The maximum Gasteiger partial charge on any atom is 0.153 e. The Kier molecular flexibility index (Phi) is 4.08. The summed E-state index contributed by atoms with van der Waals surface area (Å²) in [5.41, 5.74) is 9.99. The minimum atomic E-state index is -0.915. The van der Waals surface area contributed by atoms with E-state index in [-0.39, 0.29) is 0 Å². The van der Waals surface area contributed by atoms with Crippen LogP contribution in [-0.2, 0) is 5.66 Å². The summed E-state index contributed by atoms with van der Waals surface area (Å²) < 4.78 is 0. The van der Waals surface area contributed by atoms with E-state index in [0.717, 1.165) is 27.6 Å². The number of benzene rings is 2. The maximum atomic E-state index is 9.08. The predicted octanol–water partition coefficient (Wildman–Crippen LogP) is 4.11. The summed E-state index contributed by atoms with van der Waals surface area (Å²) in [5.74, 6) is 0. The molecule has 26 heavy (non-hydrogen) atoms. The molecule has 0 fully saturated rings. The minimum absolute atomic E-state index is 0.528. The zero-order chi connectivity index (χ0) is 18.1. The van der Waals surface area contributed by atoms with E-state index in [1.54, 1.807) is 18.0 Å². The van der Waals surface area contributed by atoms with E-state index in [9.17, 15) is 0 Å². The smallest absolute Gasteiger partial charge is 0.153 e. The molecule has 0 aliphatic carbocycles. The number of nitriles is 1. The van der Waals surface area contributed by atoms with Crippen molar-refractivity contribution >= 4 is 34.5 Å². The molecule has 2 N–H and O–H groups in total. The Morgan fingerprint density at radius 1 is 1.15 bits per heavy atom. The molecular weight excluding hydrogens is 340 g/mol. The van der Waals surface area contributed by atoms with Crippen molar-refractivity contribution in [1.82, 2.24) is 4.98 Å². The van der Waals surface area contributed by atoms with Crippen LogP contribution < -0.4 is 5.73 Å². The number of allylic oxidation sites excluding steroid dienone is 1. The minimum Gasteiger partial charge on any atom is -0.300 e. The molecule has 1 atom stereocenters. The van der Waals surface area contributed by atoms with E-state index in [4.69, 9.17) is 11.0 Å². The van der Waals surface area contributed by atoms with E-state index in [2.05, 4.69) is 40.5 Å². The Morgan fingerprint density at radius 3 is 2.85 bits per heavy atom. The molecule has 0 bridgehead atoms. The molecule has 0 spiro atoms. The van der Waals surface area contributed by atoms with Gasteiger partial charge in [-0.3, -0.25) is 9.98 Å². The second-order valence-corrected chi connectivity index (χ2v) is 7.04. The SMILES string of the molecule is CSc1cccc(C2=CC(N)(c3ccc4ncc(C#N)cc4c3)N=C2)c1. The van der Waals surface area contributed by atoms with Crippen molar-refractivity contribution in [2.45, 2.75) is 10.6 Å². The highest BCUT2D eigenvalue weighted by atomic mass is 32.2. The molecule has 0 amide bonds. The predicted molar refractivity (Wildman–Crippen MR) is 107 cm³/mol. The van der Waals surface area contributed by atoms with Crippen molar-refractivity contribution < 1.29 is 0 Å². The summed E-state index contributed by atoms with van der Waals surface area (Å²) in [6, 6.07) is 18.1. The van der Waals surface area contributed by atoms with Gasteiger partial charge in [0.15, 0.2) is 5.66 Å². The van der Waals surface area contributed by atoms with Crippen molar-refractivity contribution in [2.24, 2.45) is 10.7 Å². The van der Waals surface area contributed by atoms with E-state index in [0.29, 0.717) is 5.56 Å².